The predicted molar refractivity (Wildman–Crippen MR) is 123 cm³/mol. The van der Waals surface area contributed by atoms with Gasteiger partial charge in [0.15, 0.2) is 6.10 Å². The normalized spacial score (nSPS) is 13.1. The van der Waals surface area contributed by atoms with Gasteiger partial charge in [0.25, 0.3) is 0 Å². The van der Waals surface area contributed by atoms with Gasteiger partial charge >= 0.3 is 5.97 Å². The average Bonchev–Trinajstić information content (AvgIpc) is 2.95. The average molecular weight is 415 g/mol. The van der Waals surface area contributed by atoms with E-state index in [0.717, 1.165) is 22.7 Å². The molecule has 0 aliphatic carbocycles. The largest absolute Gasteiger partial charge is 0.492 e. The molecule has 0 aromatic heterocycles. The summed E-state index contributed by atoms with van der Waals surface area (Å²) in [6.45, 7) is 1.21. The van der Waals surface area contributed by atoms with E-state index in [-0.39, 0.29) is 0 Å². The topological polar surface area (TPSA) is 59.0 Å². The van der Waals surface area contributed by atoms with Crippen LogP contribution >= 0.6 is 0 Å². The number of nitrogens with zero attached hydrogens (tertiary/aromatic N) is 1. The molecule has 3 aromatic rings. The number of methoxy groups -OCH3 is 1. The van der Waals surface area contributed by atoms with Crippen LogP contribution in [0.3, 0.4) is 0 Å². The Labute approximate surface area is 182 Å². The van der Waals surface area contributed by atoms with Crippen molar-refractivity contribution in [3.63, 3.8) is 0 Å². The number of carbonyl (C=O) groups is 1. The summed E-state index contributed by atoms with van der Waals surface area (Å²) in [4.78, 5) is 13.4. The van der Waals surface area contributed by atoms with Crippen LogP contribution < -0.4 is 9.64 Å². The molecule has 0 saturated heterocycles. The molecule has 1 N–H and O–H groups in total. The van der Waals surface area contributed by atoms with E-state index in [1.165, 1.54) is 18.2 Å². The lowest BCUT2D eigenvalue weighted by atomic mass is 10.1. The Kier molecular flexibility index (Phi) is 6.34. The van der Waals surface area contributed by atoms with Gasteiger partial charge < -0.3 is 19.5 Å². The molecule has 5 heteroatoms. The number of aliphatic carboxylic acids is 1. The van der Waals surface area contributed by atoms with Crippen LogP contribution in [0.4, 0.5) is 11.4 Å². The van der Waals surface area contributed by atoms with Gasteiger partial charge in [0, 0.05) is 24.9 Å². The molecule has 0 bridgehead atoms. The van der Waals surface area contributed by atoms with E-state index in [1.807, 2.05) is 36.4 Å². The summed E-state index contributed by atoms with van der Waals surface area (Å²) < 4.78 is 11.0. The van der Waals surface area contributed by atoms with Crippen LogP contribution in [-0.2, 0) is 16.0 Å². The van der Waals surface area contributed by atoms with Crippen LogP contribution in [-0.4, -0.2) is 37.4 Å². The molecule has 4 rings (SSSR count). The molecule has 0 amide bonds. The molecule has 0 spiro atoms. The fourth-order valence-corrected chi connectivity index (χ4v) is 3.76. The maximum absolute atomic E-state index is 11.1. The van der Waals surface area contributed by atoms with Crippen molar-refractivity contribution in [2.45, 2.75) is 12.5 Å². The quantitative estimate of drug-likeness (QED) is 0.559. The Morgan fingerprint density at radius 3 is 2.03 bits per heavy atom. The number of rotatable bonds is 8. The number of carboxylic acids is 1. The fraction of sp³-hybridized carbons (Fsp3) is 0.192. The van der Waals surface area contributed by atoms with E-state index in [2.05, 4.69) is 53.5 Å². The highest BCUT2D eigenvalue weighted by Gasteiger charge is 2.18. The SMILES string of the molecule is COC(Cc1ccc(OCCN2c3ccccc3C=Cc3ccccc32)cc1)C(=O)O. The molecular weight excluding hydrogens is 390 g/mol. The van der Waals surface area contributed by atoms with Crippen LogP contribution in [0.5, 0.6) is 5.75 Å². The summed E-state index contributed by atoms with van der Waals surface area (Å²) in [7, 11) is 1.41. The van der Waals surface area contributed by atoms with Gasteiger partial charge in [0.1, 0.15) is 12.4 Å². The molecule has 1 aliphatic rings. The number of hydrogen-bond acceptors (Lipinski definition) is 4. The third-order valence-corrected chi connectivity index (χ3v) is 5.39. The number of para-hydroxylation sites is 2. The molecule has 158 valence electrons. The van der Waals surface area contributed by atoms with Crippen LogP contribution in [0.1, 0.15) is 16.7 Å². The fourth-order valence-electron chi connectivity index (χ4n) is 3.76. The van der Waals surface area contributed by atoms with Crippen molar-refractivity contribution in [1.29, 1.82) is 0 Å². The first-order valence-corrected chi connectivity index (χ1v) is 10.3. The van der Waals surface area contributed by atoms with E-state index in [4.69, 9.17) is 14.6 Å². The Hall–Kier alpha value is -3.57. The Bertz CT molecular complexity index is 1030. The zero-order chi connectivity index (χ0) is 21.6. The summed E-state index contributed by atoms with van der Waals surface area (Å²) in [6, 6.07) is 24.2. The monoisotopic (exact) mass is 415 g/mol. The summed E-state index contributed by atoms with van der Waals surface area (Å²) in [5, 5.41) is 9.13. The first-order chi connectivity index (χ1) is 15.2. The van der Waals surface area contributed by atoms with Gasteiger partial charge in [-0.1, -0.05) is 60.7 Å². The van der Waals surface area contributed by atoms with E-state index < -0.39 is 12.1 Å². The highest BCUT2D eigenvalue weighted by atomic mass is 16.5. The van der Waals surface area contributed by atoms with Crippen LogP contribution in [0, 0.1) is 0 Å². The second kappa shape index (κ2) is 9.49. The van der Waals surface area contributed by atoms with Crippen molar-refractivity contribution in [2.24, 2.45) is 0 Å². The molecule has 0 radical (unpaired) electrons. The van der Waals surface area contributed by atoms with E-state index in [1.54, 1.807) is 0 Å². The van der Waals surface area contributed by atoms with E-state index in [9.17, 15) is 4.79 Å². The molecule has 1 heterocycles. The lowest BCUT2D eigenvalue weighted by Gasteiger charge is -2.27. The second-order valence-corrected chi connectivity index (χ2v) is 7.36. The number of ether oxygens (including phenoxy) is 2. The second-order valence-electron chi connectivity index (χ2n) is 7.36. The van der Waals surface area contributed by atoms with Gasteiger partial charge in [-0.15, -0.1) is 0 Å². The number of fused-ring (bicyclic) bond motifs is 2. The van der Waals surface area contributed by atoms with Crippen LogP contribution in [0.15, 0.2) is 72.8 Å². The maximum Gasteiger partial charge on any atom is 0.333 e. The minimum atomic E-state index is -0.963. The molecule has 1 aliphatic heterocycles. The smallest absolute Gasteiger partial charge is 0.333 e. The first kappa shape index (κ1) is 20.7. The van der Waals surface area contributed by atoms with Crippen molar-refractivity contribution >= 4 is 29.5 Å². The highest BCUT2D eigenvalue weighted by Crippen LogP contribution is 2.35. The zero-order valence-electron chi connectivity index (χ0n) is 17.4. The molecule has 31 heavy (non-hydrogen) atoms. The molecule has 0 saturated carbocycles. The van der Waals surface area contributed by atoms with Gasteiger partial charge in [0.2, 0.25) is 0 Å². The van der Waals surface area contributed by atoms with E-state index in [0.29, 0.717) is 19.6 Å². The minimum absolute atomic E-state index is 0.320. The van der Waals surface area contributed by atoms with Crippen molar-refractivity contribution in [3.8, 4) is 5.75 Å². The Morgan fingerprint density at radius 1 is 0.903 bits per heavy atom. The third-order valence-electron chi connectivity index (χ3n) is 5.39. The van der Waals surface area contributed by atoms with Gasteiger partial charge in [-0.25, -0.2) is 4.79 Å². The van der Waals surface area contributed by atoms with Gasteiger partial charge in [-0.2, -0.15) is 0 Å². The zero-order valence-corrected chi connectivity index (χ0v) is 17.4. The van der Waals surface area contributed by atoms with Crippen LogP contribution in [0.25, 0.3) is 12.2 Å². The van der Waals surface area contributed by atoms with Crippen molar-refractivity contribution in [1.82, 2.24) is 0 Å². The predicted octanol–water partition coefficient (Wildman–Crippen LogP) is 5.03. The van der Waals surface area contributed by atoms with Crippen molar-refractivity contribution in [2.75, 3.05) is 25.2 Å². The lowest BCUT2D eigenvalue weighted by molar-refractivity contribution is -0.148. The standard InChI is InChI=1S/C26H25NO4/c1-30-25(26(28)29)18-19-10-14-22(15-11-19)31-17-16-27-23-8-4-2-6-20(23)12-13-21-7-3-5-9-24(21)27/h2-15,25H,16-18H2,1H3,(H,28,29). The molecule has 0 fully saturated rings. The Morgan fingerprint density at radius 2 is 1.48 bits per heavy atom. The van der Waals surface area contributed by atoms with Crippen molar-refractivity contribution < 1.29 is 19.4 Å². The summed E-state index contributed by atoms with van der Waals surface area (Å²) in [6.07, 6.45) is 3.78. The molecular formula is C26H25NO4. The number of benzene rings is 3. The number of carboxylic acid groups (broad SMARTS) is 1. The number of anilines is 2. The lowest BCUT2D eigenvalue weighted by Crippen LogP contribution is -2.25. The van der Waals surface area contributed by atoms with Gasteiger partial charge in [0.05, 0.1) is 6.54 Å². The molecule has 3 aromatic carbocycles. The summed E-state index contributed by atoms with van der Waals surface area (Å²) in [5.41, 5.74) is 5.55. The molecule has 1 unspecified atom stereocenters. The highest BCUT2D eigenvalue weighted by molar-refractivity contribution is 5.88. The summed E-state index contributed by atoms with van der Waals surface area (Å²) >= 11 is 0. The maximum atomic E-state index is 11.1. The van der Waals surface area contributed by atoms with E-state index >= 15 is 0 Å². The van der Waals surface area contributed by atoms with Crippen molar-refractivity contribution in [3.05, 3.63) is 89.5 Å². The first-order valence-electron chi connectivity index (χ1n) is 10.3. The minimum Gasteiger partial charge on any atom is -0.492 e. The van der Waals surface area contributed by atoms with Gasteiger partial charge in [-0.05, 0) is 41.0 Å². The molecule has 5 nitrogen and oxygen atoms in total. The summed E-state index contributed by atoms with van der Waals surface area (Å²) in [5.74, 6) is -0.210. The van der Waals surface area contributed by atoms with Crippen LogP contribution in [0.2, 0.25) is 0 Å². The molecule has 1 atom stereocenters. The van der Waals surface area contributed by atoms with Gasteiger partial charge in [-0.3, -0.25) is 0 Å². The third kappa shape index (κ3) is 4.78. The number of hydrogen-bond donors (Lipinski definition) is 1. The Balaban J connectivity index is 1.44.